The van der Waals surface area contributed by atoms with Crippen LogP contribution in [0.4, 0.5) is 0 Å². The van der Waals surface area contributed by atoms with Gasteiger partial charge in [0.15, 0.2) is 0 Å². The molecule has 3 heterocycles. The minimum absolute atomic E-state index is 0.00730. The van der Waals surface area contributed by atoms with Crippen LogP contribution in [0.3, 0.4) is 0 Å². The van der Waals surface area contributed by atoms with Gasteiger partial charge in [-0.15, -0.1) is 11.3 Å². The van der Waals surface area contributed by atoms with E-state index in [1.165, 1.54) is 16.9 Å². The van der Waals surface area contributed by atoms with Gasteiger partial charge in [0.25, 0.3) is 5.56 Å². The number of carbonyl (C=O) groups excluding carboxylic acids is 1. The van der Waals surface area contributed by atoms with E-state index < -0.39 is 0 Å². The summed E-state index contributed by atoms with van der Waals surface area (Å²) in [5.74, 6) is 1.33. The van der Waals surface area contributed by atoms with Gasteiger partial charge in [-0.1, -0.05) is 0 Å². The van der Waals surface area contributed by atoms with Gasteiger partial charge in [-0.25, -0.2) is 4.98 Å². The number of fused-ring (bicyclic) bond motifs is 3. The van der Waals surface area contributed by atoms with Crippen LogP contribution in [0.5, 0.6) is 0 Å². The Morgan fingerprint density at radius 2 is 2.22 bits per heavy atom. The van der Waals surface area contributed by atoms with Crippen molar-refractivity contribution in [1.82, 2.24) is 14.9 Å². The molecule has 1 amide bonds. The van der Waals surface area contributed by atoms with Crippen LogP contribution in [0.1, 0.15) is 54.3 Å². The second-order valence-corrected chi connectivity index (χ2v) is 8.18. The van der Waals surface area contributed by atoms with Crippen LogP contribution in [0.2, 0.25) is 0 Å². The predicted octanol–water partition coefficient (Wildman–Crippen LogP) is 3.61. The van der Waals surface area contributed by atoms with Crippen molar-refractivity contribution in [2.24, 2.45) is 0 Å². The van der Waals surface area contributed by atoms with E-state index in [0.717, 1.165) is 35.2 Å². The van der Waals surface area contributed by atoms with Gasteiger partial charge in [0, 0.05) is 24.8 Å². The van der Waals surface area contributed by atoms with Crippen LogP contribution in [0, 0.1) is 0 Å². The maximum atomic E-state index is 12.6. The molecule has 1 aliphatic carbocycles. The number of amides is 1. The van der Waals surface area contributed by atoms with Crippen molar-refractivity contribution in [1.29, 1.82) is 0 Å². The van der Waals surface area contributed by atoms with Crippen LogP contribution < -0.4 is 5.56 Å². The lowest BCUT2D eigenvalue weighted by atomic mass is 9.97. The first-order chi connectivity index (χ1) is 13.0. The Hall–Kier alpha value is -2.41. The van der Waals surface area contributed by atoms with E-state index >= 15 is 0 Å². The Morgan fingerprint density at radius 3 is 3.00 bits per heavy atom. The zero-order valence-electron chi connectivity index (χ0n) is 15.6. The number of carbonyl (C=O) groups is 1. The molecule has 3 aromatic heterocycles. The molecule has 0 fully saturated rings. The number of thiophene rings is 1. The smallest absolute Gasteiger partial charge is 0.259 e. The molecule has 0 radical (unpaired) electrons. The lowest BCUT2D eigenvalue weighted by Crippen LogP contribution is -2.29. The summed E-state index contributed by atoms with van der Waals surface area (Å²) in [5.41, 5.74) is 1.11. The van der Waals surface area contributed by atoms with Crippen molar-refractivity contribution < 1.29 is 9.21 Å². The number of furan rings is 1. The Balaban J connectivity index is 1.49. The third-order valence-corrected chi connectivity index (χ3v) is 6.56. The van der Waals surface area contributed by atoms with E-state index in [4.69, 9.17) is 4.42 Å². The van der Waals surface area contributed by atoms with E-state index in [1.807, 2.05) is 19.1 Å². The third kappa shape index (κ3) is 3.43. The molecule has 1 N–H and O–H groups in total. The van der Waals surface area contributed by atoms with Crippen molar-refractivity contribution in [3.8, 4) is 0 Å². The van der Waals surface area contributed by atoms with Gasteiger partial charge in [0.05, 0.1) is 17.7 Å². The van der Waals surface area contributed by atoms with Gasteiger partial charge >= 0.3 is 0 Å². The van der Waals surface area contributed by atoms with E-state index in [-0.39, 0.29) is 17.5 Å². The number of nitrogens with zero attached hydrogens (tertiary/aromatic N) is 2. The summed E-state index contributed by atoms with van der Waals surface area (Å²) in [4.78, 5) is 36.4. The molecule has 0 aliphatic heterocycles. The van der Waals surface area contributed by atoms with Gasteiger partial charge in [-0.3, -0.25) is 9.59 Å². The summed E-state index contributed by atoms with van der Waals surface area (Å²) < 4.78 is 5.38. The Labute approximate surface area is 161 Å². The van der Waals surface area contributed by atoms with Gasteiger partial charge in [-0.2, -0.15) is 0 Å². The minimum atomic E-state index is -0.133. The monoisotopic (exact) mass is 385 g/mol. The van der Waals surface area contributed by atoms with Crippen LogP contribution in [-0.2, 0) is 24.1 Å². The normalized spacial score (nSPS) is 14.9. The lowest BCUT2D eigenvalue weighted by Gasteiger charge is -2.23. The number of aromatic amines is 1. The number of nitrogens with one attached hydrogen (secondary N) is 1. The van der Waals surface area contributed by atoms with Crippen molar-refractivity contribution in [2.45, 2.75) is 51.5 Å². The van der Waals surface area contributed by atoms with E-state index in [9.17, 15) is 9.59 Å². The molecule has 142 valence electrons. The standard InChI is InChI=1S/C20H23N3O3S/c1-12(14-7-5-11-26-14)23(2)17(24)10-9-16-21-19(25)18-13-6-3-4-8-15(13)27-20(18)22-16/h5,7,11-12H,3-4,6,8-10H2,1-2H3,(H,21,22,25). The second-order valence-electron chi connectivity index (χ2n) is 7.10. The highest BCUT2D eigenvalue weighted by atomic mass is 32.1. The fourth-order valence-electron chi connectivity index (χ4n) is 3.66. The Morgan fingerprint density at radius 1 is 1.41 bits per heavy atom. The molecule has 0 saturated heterocycles. The highest BCUT2D eigenvalue weighted by Crippen LogP contribution is 2.33. The molecule has 0 saturated carbocycles. The molecule has 0 bridgehead atoms. The van der Waals surface area contributed by atoms with Crippen molar-refractivity contribution >= 4 is 27.5 Å². The van der Waals surface area contributed by atoms with Crippen LogP contribution >= 0.6 is 11.3 Å². The number of hydrogen-bond acceptors (Lipinski definition) is 5. The molecule has 0 aromatic carbocycles. The molecule has 1 unspecified atom stereocenters. The molecule has 7 heteroatoms. The van der Waals surface area contributed by atoms with E-state index in [0.29, 0.717) is 18.7 Å². The molecule has 1 aliphatic rings. The summed E-state index contributed by atoms with van der Waals surface area (Å²) >= 11 is 1.63. The highest BCUT2D eigenvalue weighted by Gasteiger charge is 2.21. The molecule has 6 nitrogen and oxygen atoms in total. The van der Waals surface area contributed by atoms with Crippen molar-refractivity contribution in [3.63, 3.8) is 0 Å². The summed E-state index contributed by atoms with van der Waals surface area (Å²) in [6, 6.07) is 3.54. The number of aryl methyl sites for hydroxylation is 3. The minimum Gasteiger partial charge on any atom is -0.467 e. The quantitative estimate of drug-likeness (QED) is 0.728. The van der Waals surface area contributed by atoms with E-state index in [2.05, 4.69) is 9.97 Å². The number of aromatic nitrogens is 2. The number of H-pyrrole nitrogens is 1. The largest absolute Gasteiger partial charge is 0.467 e. The van der Waals surface area contributed by atoms with Gasteiger partial charge in [-0.05, 0) is 50.3 Å². The average Bonchev–Trinajstić information content (AvgIpc) is 3.32. The van der Waals surface area contributed by atoms with E-state index in [1.54, 1.807) is 29.5 Å². The molecule has 0 spiro atoms. The van der Waals surface area contributed by atoms with Gasteiger partial charge < -0.3 is 14.3 Å². The maximum Gasteiger partial charge on any atom is 0.259 e. The first-order valence-corrected chi connectivity index (χ1v) is 10.2. The summed E-state index contributed by atoms with van der Waals surface area (Å²) in [6.07, 6.45) is 6.64. The van der Waals surface area contributed by atoms with Crippen molar-refractivity contribution in [3.05, 3.63) is 50.8 Å². The van der Waals surface area contributed by atoms with Gasteiger partial charge in [0.1, 0.15) is 16.4 Å². The Kier molecular flexibility index (Phi) is 4.86. The molecule has 27 heavy (non-hydrogen) atoms. The number of rotatable bonds is 5. The molecular formula is C20H23N3O3S. The van der Waals surface area contributed by atoms with Crippen LogP contribution in [0.25, 0.3) is 10.2 Å². The maximum absolute atomic E-state index is 12.6. The van der Waals surface area contributed by atoms with Crippen LogP contribution in [0.15, 0.2) is 27.6 Å². The molecule has 3 aromatic rings. The molecular weight excluding hydrogens is 362 g/mol. The fraction of sp³-hybridized carbons (Fsp3) is 0.450. The third-order valence-electron chi connectivity index (χ3n) is 5.38. The zero-order chi connectivity index (χ0) is 19.0. The SMILES string of the molecule is CC(c1ccco1)N(C)C(=O)CCc1nc2sc3c(c2c(=O)[nH]1)CCCC3. The molecule has 4 rings (SSSR count). The Bertz CT molecular complexity index is 1020. The fourth-order valence-corrected chi connectivity index (χ4v) is 4.95. The summed E-state index contributed by atoms with van der Waals surface area (Å²) in [7, 11) is 1.77. The lowest BCUT2D eigenvalue weighted by molar-refractivity contribution is -0.132. The summed E-state index contributed by atoms with van der Waals surface area (Å²) in [5, 5.41) is 0.758. The average molecular weight is 385 g/mol. The summed E-state index contributed by atoms with van der Waals surface area (Å²) in [6.45, 7) is 1.93. The number of hydrogen-bond donors (Lipinski definition) is 1. The second kappa shape index (κ2) is 7.31. The highest BCUT2D eigenvalue weighted by molar-refractivity contribution is 7.18. The first kappa shape index (κ1) is 18.0. The zero-order valence-corrected chi connectivity index (χ0v) is 16.4. The first-order valence-electron chi connectivity index (χ1n) is 9.37. The molecule has 1 atom stereocenters. The van der Waals surface area contributed by atoms with Gasteiger partial charge in [0.2, 0.25) is 5.91 Å². The topological polar surface area (TPSA) is 79.2 Å². The predicted molar refractivity (Wildman–Crippen MR) is 105 cm³/mol. The van der Waals surface area contributed by atoms with Crippen LogP contribution in [-0.4, -0.2) is 27.8 Å². The van der Waals surface area contributed by atoms with Crippen molar-refractivity contribution in [2.75, 3.05) is 7.05 Å².